The highest BCUT2D eigenvalue weighted by molar-refractivity contribution is 6.06. The summed E-state index contributed by atoms with van der Waals surface area (Å²) in [6.45, 7) is 1.64. The number of halogens is 3. The van der Waals surface area contributed by atoms with Crippen molar-refractivity contribution < 1.29 is 37.7 Å². The van der Waals surface area contributed by atoms with E-state index in [1.807, 2.05) is 64.1 Å². The second-order valence-electron chi connectivity index (χ2n) is 8.60. The molecule has 1 saturated heterocycles. The van der Waals surface area contributed by atoms with Crippen LogP contribution >= 0.6 is 0 Å². The van der Waals surface area contributed by atoms with Crippen LogP contribution < -0.4 is 15.0 Å². The van der Waals surface area contributed by atoms with Crippen LogP contribution in [-0.4, -0.2) is 69.1 Å². The van der Waals surface area contributed by atoms with Gasteiger partial charge in [0.25, 0.3) is 5.91 Å². The number of alkyl halides is 3. The van der Waals surface area contributed by atoms with Crippen LogP contribution in [-0.2, 0) is 11.3 Å². The summed E-state index contributed by atoms with van der Waals surface area (Å²) in [7, 11) is 1.63. The average Bonchev–Trinajstić information content (AvgIpc) is 3.26. The number of carboxylic acid groups (broad SMARTS) is 1. The lowest BCUT2D eigenvalue weighted by Crippen LogP contribution is -2.51. The summed E-state index contributed by atoms with van der Waals surface area (Å²) in [4.78, 5) is 33.0. The van der Waals surface area contributed by atoms with Gasteiger partial charge < -0.3 is 29.7 Å². The molecular weight excluding hydrogens is 519 g/mol. The number of fused-ring (bicyclic) bond motifs is 1. The van der Waals surface area contributed by atoms with E-state index in [1.165, 1.54) is 0 Å². The number of carbonyl (C=O) groups excluding carboxylic acids is 1. The Balaban J connectivity index is 0.000000448. The maximum atomic E-state index is 13.2. The van der Waals surface area contributed by atoms with Crippen LogP contribution in [0.1, 0.15) is 16.1 Å². The molecule has 0 saturated carbocycles. The van der Waals surface area contributed by atoms with Gasteiger partial charge in [-0.2, -0.15) is 13.2 Å². The van der Waals surface area contributed by atoms with Gasteiger partial charge in [-0.05, 0) is 48.0 Å². The first-order valence-corrected chi connectivity index (χ1v) is 11.6. The molecule has 0 radical (unpaired) electrons. The largest absolute Gasteiger partial charge is 0.497 e. The van der Waals surface area contributed by atoms with Crippen molar-refractivity contribution in [3.63, 3.8) is 0 Å². The number of anilines is 2. The minimum Gasteiger partial charge on any atom is -0.497 e. The van der Waals surface area contributed by atoms with Crippen LogP contribution in [0.3, 0.4) is 0 Å². The molecule has 0 atom stereocenters. The molecule has 4 aromatic rings. The predicted octanol–water partition coefficient (Wildman–Crippen LogP) is 3.55. The first-order chi connectivity index (χ1) is 18.5. The molecule has 13 heteroatoms. The summed E-state index contributed by atoms with van der Waals surface area (Å²) >= 11 is 0. The van der Waals surface area contributed by atoms with E-state index in [0.717, 1.165) is 28.2 Å². The van der Waals surface area contributed by atoms with Gasteiger partial charge in [0.1, 0.15) is 22.9 Å². The number of aromatic nitrogens is 3. The normalized spacial score (nSPS) is 13.3. The predicted molar refractivity (Wildman–Crippen MR) is 136 cm³/mol. The summed E-state index contributed by atoms with van der Waals surface area (Å²) < 4.78 is 39.0. The Bertz CT molecular complexity index is 1470. The molecule has 1 aliphatic rings. The Morgan fingerprint density at radius 2 is 1.85 bits per heavy atom. The third-order valence-corrected chi connectivity index (χ3v) is 5.80. The number of pyridine rings is 2. The lowest BCUT2D eigenvalue weighted by Gasteiger charge is -2.36. The lowest BCUT2D eigenvalue weighted by molar-refractivity contribution is -0.192. The quantitative estimate of drug-likeness (QED) is 0.337. The minimum absolute atomic E-state index is 0.236. The Morgan fingerprint density at radius 1 is 1.10 bits per heavy atom. The van der Waals surface area contributed by atoms with E-state index in [9.17, 15) is 23.1 Å². The molecule has 5 rings (SSSR count). The molecule has 1 amide bonds. The maximum absolute atomic E-state index is 13.2. The molecule has 0 unspecified atom stereocenters. The number of hydrogen-bond donors (Lipinski definition) is 3. The van der Waals surface area contributed by atoms with Crippen molar-refractivity contribution in [2.45, 2.75) is 18.8 Å². The van der Waals surface area contributed by atoms with Crippen LogP contribution in [0.15, 0.2) is 67.0 Å². The molecule has 10 nitrogen and oxygen atoms in total. The van der Waals surface area contributed by atoms with Gasteiger partial charge in [0.05, 0.1) is 25.1 Å². The zero-order valence-electron chi connectivity index (χ0n) is 20.6. The highest BCUT2D eigenvalue weighted by atomic mass is 19.4. The number of aliphatic hydroxyl groups excluding tert-OH is 1. The van der Waals surface area contributed by atoms with Gasteiger partial charge in [-0.25, -0.2) is 14.8 Å². The fourth-order valence-electron chi connectivity index (χ4n) is 3.87. The van der Waals surface area contributed by atoms with Crippen molar-refractivity contribution >= 4 is 34.4 Å². The van der Waals surface area contributed by atoms with Gasteiger partial charge in [-0.1, -0.05) is 12.1 Å². The summed E-state index contributed by atoms with van der Waals surface area (Å²) in [6, 6.07) is 17.1. The number of nitrogens with one attached hydrogen (secondary N) is 1. The fraction of sp³-hybridized carbons (Fsp3) is 0.231. The van der Waals surface area contributed by atoms with Crippen LogP contribution in [0.2, 0.25) is 0 Å². The zero-order valence-corrected chi connectivity index (χ0v) is 20.6. The molecule has 1 aromatic carbocycles. The van der Waals surface area contributed by atoms with E-state index in [0.29, 0.717) is 31.0 Å². The molecule has 3 N–H and O–H groups in total. The number of carboxylic acids is 1. The number of ether oxygens (including phenoxy) is 1. The Hall–Kier alpha value is -4.65. The number of benzene rings is 1. The molecule has 3 aromatic heterocycles. The first kappa shape index (κ1) is 27.4. The van der Waals surface area contributed by atoms with E-state index < -0.39 is 12.1 Å². The first-order valence-electron chi connectivity index (χ1n) is 11.6. The van der Waals surface area contributed by atoms with Gasteiger partial charge in [0.2, 0.25) is 0 Å². The van der Waals surface area contributed by atoms with E-state index in [-0.39, 0.29) is 12.0 Å². The van der Waals surface area contributed by atoms with Gasteiger partial charge >= 0.3 is 12.1 Å². The van der Waals surface area contributed by atoms with Crippen molar-refractivity contribution in [1.29, 1.82) is 0 Å². The summed E-state index contributed by atoms with van der Waals surface area (Å²) in [5, 5.41) is 20.4. The van der Waals surface area contributed by atoms with Crippen LogP contribution in [0.5, 0.6) is 5.75 Å². The smallest absolute Gasteiger partial charge is 0.490 e. The van der Waals surface area contributed by atoms with Crippen molar-refractivity contribution in [3.8, 4) is 5.75 Å². The Labute approximate surface area is 220 Å². The highest BCUT2D eigenvalue weighted by Gasteiger charge is 2.38. The fourth-order valence-corrected chi connectivity index (χ4v) is 3.87. The van der Waals surface area contributed by atoms with Gasteiger partial charge in [-0.15, -0.1) is 0 Å². The minimum atomic E-state index is -5.08. The number of aliphatic hydroxyl groups is 1. The van der Waals surface area contributed by atoms with Gasteiger partial charge in [-0.3, -0.25) is 4.79 Å². The SMILES string of the molecule is COc1cccc(Cn2c(C(=O)Nc3ccc(N4CC(O)C4)nc3)cc3cccnc32)c1.O=C(O)C(F)(F)F. The molecule has 1 aliphatic heterocycles. The van der Waals surface area contributed by atoms with Gasteiger partial charge in [0, 0.05) is 31.2 Å². The van der Waals surface area contributed by atoms with Crippen LogP contribution in [0, 0.1) is 0 Å². The zero-order chi connectivity index (χ0) is 28.2. The summed E-state index contributed by atoms with van der Waals surface area (Å²) in [5.41, 5.74) is 2.86. The lowest BCUT2D eigenvalue weighted by atomic mass is 10.2. The summed E-state index contributed by atoms with van der Waals surface area (Å²) in [5.74, 6) is -1.45. The number of β-amino-alcohol motifs (C(OH)–C–C–N with tert-alkyl or cyclic N) is 1. The average molecular weight is 544 g/mol. The second kappa shape index (κ2) is 11.4. The topological polar surface area (TPSA) is 130 Å². The summed E-state index contributed by atoms with van der Waals surface area (Å²) in [6.07, 6.45) is -2.02. The van der Waals surface area contributed by atoms with E-state index in [4.69, 9.17) is 14.6 Å². The molecule has 1 fully saturated rings. The van der Waals surface area contributed by atoms with Crippen LogP contribution in [0.25, 0.3) is 11.0 Å². The number of methoxy groups -OCH3 is 1. The number of amides is 1. The second-order valence-corrected chi connectivity index (χ2v) is 8.60. The van der Waals surface area contributed by atoms with E-state index in [1.54, 1.807) is 19.5 Å². The Kier molecular flexibility index (Phi) is 8.00. The molecule has 39 heavy (non-hydrogen) atoms. The monoisotopic (exact) mass is 543 g/mol. The highest BCUT2D eigenvalue weighted by Crippen LogP contribution is 2.23. The molecule has 4 heterocycles. The van der Waals surface area contributed by atoms with E-state index >= 15 is 0 Å². The maximum Gasteiger partial charge on any atom is 0.490 e. The van der Waals surface area contributed by atoms with Crippen molar-refractivity contribution in [2.75, 3.05) is 30.4 Å². The molecule has 0 spiro atoms. The van der Waals surface area contributed by atoms with Crippen molar-refractivity contribution in [1.82, 2.24) is 14.5 Å². The van der Waals surface area contributed by atoms with Gasteiger partial charge in [0.15, 0.2) is 0 Å². The molecular formula is C26H24F3N5O5. The number of carbonyl (C=O) groups is 2. The van der Waals surface area contributed by atoms with Crippen LogP contribution in [0.4, 0.5) is 24.7 Å². The molecule has 204 valence electrons. The number of nitrogens with zero attached hydrogens (tertiary/aromatic N) is 4. The van der Waals surface area contributed by atoms with Crippen molar-refractivity contribution in [2.24, 2.45) is 0 Å². The third-order valence-electron chi connectivity index (χ3n) is 5.80. The molecule has 0 aliphatic carbocycles. The number of aliphatic carboxylic acids is 1. The number of hydrogen-bond acceptors (Lipinski definition) is 7. The third kappa shape index (κ3) is 6.62. The Morgan fingerprint density at radius 3 is 2.46 bits per heavy atom. The molecule has 0 bridgehead atoms. The van der Waals surface area contributed by atoms with E-state index in [2.05, 4.69) is 15.3 Å². The standard InChI is InChI=1S/C24H23N5O3.C2HF3O2/c1-32-20-6-2-4-16(10-20)13-29-21(11-17-5-3-9-25-23(17)29)24(31)27-18-7-8-22(26-12-18)28-14-19(30)15-28;3-2(4,5)1(6)7/h2-12,19,30H,13-15H2,1H3,(H,27,31);(H,6,7). The number of rotatable bonds is 6. The van der Waals surface area contributed by atoms with Crippen molar-refractivity contribution in [3.05, 3.63) is 78.2 Å².